The van der Waals surface area contributed by atoms with Crippen LogP contribution in [0.4, 0.5) is 0 Å². The lowest BCUT2D eigenvalue weighted by atomic mass is 10.2. The van der Waals surface area contributed by atoms with Crippen LogP contribution in [0.3, 0.4) is 0 Å². The van der Waals surface area contributed by atoms with Gasteiger partial charge in [0.2, 0.25) is 10.0 Å². The molecule has 3 rings (SSSR count). The molecule has 1 unspecified atom stereocenters. The number of fused-ring (bicyclic) bond motifs is 1. The summed E-state index contributed by atoms with van der Waals surface area (Å²) in [6.07, 6.45) is 1.95. The van der Waals surface area contributed by atoms with Crippen LogP contribution in [0.2, 0.25) is 10.0 Å². The Hall–Kier alpha value is -0.530. The molecule has 0 spiro atoms. The molecule has 2 heterocycles. The van der Waals surface area contributed by atoms with Gasteiger partial charge in [-0.2, -0.15) is 4.31 Å². The van der Waals surface area contributed by atoms with Gasteiger partial charge in [-0.15, -0.1) is 0 Å². The average Bonchev–Trinajstić information content (AvgIpc) is 2.86. The molecule has 0 aliphatic carbocycles. The first-order valence-corrected chi connectivity index (χ1v) is 9.62. The number of sulfonamides is 1. The van der Waals surface area contributed by atoms with E-state index in [9.17, 15) is 8.42 Å². The predicted octanol–water partition coefficient (Wildman–Crippen LogP) is 4.32. The third-order valence-corrected chi connectivity index (χ3v) is 7.17. The average molecular weight is 424 g/mol. The summed E-state index contributed by atoms with van der Waals surface area (Å²) in [4.78, 5) is -0.0362. The Balaban J connectivity index is 2.09. The molecule has 0 amide bonds. The fourth-order valence-corrected chi connectivity index (χ4v) is 6.26. The Morgan fingerprint density at radius 1 is 1.23 bits per heavy atom. The second-order valence-corrected chi connectivity index (χ2v) is 8.67. The van der Waals surface area contributed by atoms with Gasteiger partial charge in [-0.05, 0) is 31.2 Å². The van der Waals surface area contributed by atoms with E-state index in [1.807, 2.05) is 25.3 Å². The van der Waals surface area contributed by atoms with Crippen molar-refractivity contribution < 1.29 is 8.42 Å². The molecule has 22 heavy (non-hydrogen) atoms. The number of benzene rings is 1. The topological polar surface area (TPSA) is 42.3 Å². The number of aromatic nitrogens is 1. The monoisotopic (exact) mass is 422 g/mol. The molecule has 1 atom stereocenters. The van der Waals surface area contributed by atoms with Gasteiger partial charge in [0.15, 0.2) is 0 Å². The molecule has 0 fully saturated rings. The maximum absolute atomic E-state index is 13.0. The van der Waals surface area contributed by atoms with Gasteiger partial charge < -0.3 is 4.57 Å². The Kier molecular flexibility index (Phi) is 4.33. The fourth-order valence-electron chi connectivity index (χ4n) is 2.78. The minimum Gasteiger partial charge on any atom is -0.349 e. The summed E-state index contributed by atoms with van der Waals surface area (Å²) in [7, 11) is -3.77. The van der Waals surface area contributed by atoms with E-state index in [1.54, 1.807) is 0 Å². The first-order valence-electron chi connectivity index (χ1n) is 6.64. The van der Waals surface area contributed by atoms with Crippen molar-refractivity contribution in [3.05, 3.63) is 50.7 Å². The van der Waals surface area contributed by atoms with Crippen LogP contribution in [0, 0.1) is 0 Å². The summed E-state index contributed by atoms with van der Waals surface area (Å²) in [5, 5.41) is 0.236. The van der Waals surface area contributed by atoms with Crippen molar-refractivity contribution >= 4 is 49.2 Å². The number of halogens is 3. The number of hydrogen-bond acceptors (Lipinski definition) is 2. The molecule has 1 aromatic heterocycles. The van der Waals surface area contributed by atoms with E-state index >= 15 is 0 Å². The summed E-state index contributed by atoms with van der Waals surface area (Å²) < 4.78 is 30.2. The van der Waals surface area contributed by atoms with Gasteiger partial charge in [0, 0.05) is 29.5 Å². The van der Waals surface area contributed by atoms with E-state index in [-0.39, 0.29) is 21.0 Å². The van der Waals surface area contributed by atoms with Crippen molar-refractivity contribution in [2.24, 2.45) is 0 Å². The highest BCUT2D eigenvalue weighted by molar-refractivity contribution is 9.10. The van der Waals surface area contributed by atoms with E-state index in [0.717, 1.165) is 5.69 Å². The molecule has 0 saturated carbocycles. The zero-order chi connectivity index (χ0) is 16.1. The molecule has 1 aliphatic heterocycles. The van der Waals surface area contributed by atoms with E-state index in [1.165, 1.54) is 16.4 Å². The van der Waals surface area contributed by atoms with Gasteiger partial charge in [-0.1, -0.05) is 39.1 Å². The molecule has 4 nitrogen and oxygen atoms in total. The quantitative estimate of drug-likeness (QED) is 0.721. The normalized spacial score (nSPS) is 19.2. The van der Waals surface area contributed by atoms with E-state index < -0.39 is 10.0 Å². The maximum atomic E-state index is 13.0. The van der Waals surface area contributed by atoms with Crippen molar-refractivity contribution in [1.29, 1.82) is 0 Å². The second kappa shape index (κ2) is 5.83. The smallest absolute Gasteiger partial charge is 0.246 e. The fraction of sp³-hybridized carbons (Fsp3) is 0.286. The van der Waals surface area contributed by atoms with Crippen molar-refractivity contribution in [3.8, 4) is 0 Å². The Morgan fingerprint density at radius 2 is 1.86 bits per heavy atom. The number of nitrogens with zero attached hydrogens (tertiary/aromatic N) is 2. The van der Waals surface area contributed by atoms with Crippen LogP contribution in [0.25, 0.3) is 0 Å². The van der Waals surface area contributed by atoms with Gasteiger partial charge in [0.25, 0.3) is 0 Å². The van der Waals surface area contributed by atoms with Gasteiger partial charge in [-0.3, -0.25) is 0 Å². The molecule has 1 aliphatic rings. The zero-order valence-electron chi connectivity index (χ0n) is 11.6. The summed E-state index contributed by atoms with van der Waals surface area (Å²) in [6.45, 7) is 2.86. The summed E-state index contributed by atoms with van der Waals surface area (Å²) in [6, 6.07) is 6.65. The molecule has 2 aromatic rings. The number of rotatable bonds is 2. The summed E-state index contributed by atoms with van der Waals surface area (Å²) >= 11 is 15.5. The van der Waals surface area contributed by atoms with Crippen LogP contribution in [0.5, 0.6) is 0 Å². The highest BCUT2D eigenvalue weighted by atomic mass is 79.9. The third kappa shape index (κ3) is 2.61. The SMILES string of the molecule is CC1c2cccn2CCN1S(=O)(=O)c1c(Cl)cc(Br)cc1Cl. The second-order valence-electron chi connectivity index (χ2n) is 5.12. The molecular weight excluding hydrogens is 411 g/mol. The first kappa shape index (κ1) is 16.3. The van der Waals surface area contributed by atoms with E-state index in [4.69, 9.17) is 23.2 Å². The molecule has 8 heteroatoms. The Morgan fingerprint density at radius 3 is 2.50 bits per heavy atom. The van der Waals surface area contributed by atoms with Crippen LogP contribution in [-0.4, -0.2) is 23.8 Å². The van der Waals surface area contributed by atoms with Crippen molar-refractivity contribution in [2.45, 2.75) is 24.4 Å². The van der Waals surface area contributed by atoms with Crippen molar-refractivity contribution in [2.75, 3.05) is 6.54 Å². The lowest BCUT2D eigenvalue weighted by Crippen LogP contribution is -2.40. The molecular formula is C14H13BrCl2N2O2S. The Bertz CT molecular complexity index is 812. The number of hydrogen-bond donors (Lipinski definition) is 0. The minimum atomic E-state index is -3.77. The lowest BCUT2D eigenvalue weighted by Gasteiger charge is -2.34. The summed E-state index contributed by atoms with van der Waals surface area (Å²) in [5.41, 5.74) is 0.958. The largest absolute Gasteiger partial charge is 0.349 e. The van der Waals surface area contributed by atoms with Gasteiger partial charge in [0.1, 0.15) is 4.90 Å². The van der Waals surface area contributed by atoms with Crippen molar-refractivity contribution in [3.63, 3.8) is 0 Å². The molecule has 118 valence electrons. The molecule has 1 aromatic carbocycles. The zero-order valence-corrected chi connectivity index (χ0v) is 15.5. The van der Waals surface area contributed by atoms with Gasteiger partial charge in [0.05, 0.1) is 16.1 Å². The van der Waals surface area contributed by atoms with Crippen LogP contribution in [-0.2, 0) is 16.6 Å². The third-order valence-electron chi connectivity index (χ3n) is 3.82. The molecule has 0 radical (unpaired) electrons. The molecule has 0 bridgehead atoms. The lowest BCUT2D eigenvalue weighted by molar-refractivity contribution is 0.282. The Labute approximate surface area is 147 Å². The molecule has 0 saturated heterocycles. The van der Waals surface area contributed by atoms with Crippen LogP contribution in [0.1, 0.15) is 18.7 Å². The van der Waals surface area contributed by atoms with Crippen LogP contribution < -0.4 is 0 Å². The van der Waals surface area contributed by atoms with Crippen LogP contribution in [0.15, 0.2) is 39.8 Å². The summed E-state index contributed by atoms with van der Waals surface area (Å²) in [5.74, 6) is 0. The van der Waals surface area contributed by atoms with Crippen molar-refractivity contribution in [1.82, 2.24) is 8.87 Å². The van der Waals surface area contributed by atoms with Gasteiger partial charge in [-0.25, -0.2) is 8.42 Å². The standard InChI is InChI=1S/C14H13BrCl2N2O2S/c1-9-13-3-2-4-18(13)5-6-19(9)22(20,21)14-11(16)7-10(15)8-12(14)17/h2-4,7-9H,5-6H2,1H3. The predicted molar refractivity (Wildman–Crippen MR) is 90.9 cm³/mol. The maximum Gasteiger partial charge on any atom is 0.246 e. The minimum absolute atomic E-state index is 0.0362. The van der Waals surface area contributed by atoms with E-state index in [2.05, 4.69) is 20.5 Å². The van der Waals surface area contributed by atoms with Gasteiger partial charge >= 0.3 is 0 Å². The molecule has 0 N–H and O–H groups in total. The highest BCUT2D eigenvalue weighted by Crippen LogP contribution is 2.38. The highest BCUT2D eigenvalue weighted by Gasteiger charge is 2.36. The first-order chi connectivity index (χ1) is 10.3. The van der Waals surface area contributed by atoms with E-state index in [0.29, 0.717) is 17.6 Å². The van der Waals surface area contributed by atoms with Crippen LogP contribution >= 0.6 is 39.1 Å².